The van der Waals surface area contributed by atoms with Gasteiger partial charge in [-0.2, -0.15) is 0 Å². The molecule has 0 radical (unpaired) electrons. The Balaban J connectivity index is 3.04. The quantitative estimate of drug-likeness (QED) is 0.686. The van der Waals surface area contributed by atoms with Crippen LogP contribution in [-0.4, -0.2) is 0 Å². The fraction of sp³-hybridized carbons (Fsp3) is 0.200. The second-order valence-electron chi connectivity index (χ2n) is 2.84. The highest BCUT2D eigenvalue weighted by Gasteiger charge is 2.08. The third-order valence-electron chi connectivity index (χ3n) is 1.39. The van der Waals surface area contributed by atoms with E-state index in [-0.39, 0.29) is 0 Å². The Morgan fingerprint density at radius 2 is 2.08 bits per heavy atom. The van der Waals surface area contributed by atoms with Crippen molar-refractivity contribution in [3.8, 4) is 0 Å². The minimum absolute atomic E-state index is 1.10. The summed E-state index contributed by atoms with van der Waals surface area (Å²) >= 11 is 6.91. The van der Waals surface area contributed by atoms with Crippen molar-refractivity contribution in [1.29, 1.82) is 0 Å². The molecule has 0 aliphatic carbocycles. The first-order chi connectivity index (χ1) is 6.00. The molecule has 13 heavy (non-hydrogen) atoms. The summed E-state index contributed by atoms with van der Waals surface area (Å²) < 4.78 is 2.42. The standard InChI is InChI=1S/C10H11BrS2/c1-6(2)8-5-9(11)13-10(8)12-7(3)4/h5H,1,3H2,2,4H3. The molecule has 0 aliphatic rings. The SMILES string of the molecule is C=C(C)Sc1sc(Br)cc1C(=C)C. The summed E-state index contributed by atoms with van der Waals surface area (Å²) in [5.74, 6) is 0. The Morgan fingerprint density at radius 1 is 1.46 bits per heavy atom. The zero-order valence-corrected chi connectivity index (χ0v) is 10.9. The van der Waals surface area contributed by atoms with Crippen molar-refractivity contribution < 1.29 is 0 Å². The Hall–Kier alpha value is 0.01000. The lowest BCUT2D eigenvalue weighted by Gasteiger charge is -2.00. The number of allylic oxidation sites excluding steroid dienone is 2. The van der Waals surface area contributed by atoms with E-state index >= 15 is 0 Å². The Kier molecular flexibility index (Phi) is 3.83. The van der Waals surface area contributed by atoms with Crippen LogP contribution in [0.5, 0.6) is 0 Å². The lowest BCUT2D eigenvalue weighted by atomic mass is 10.2. The first-order valence-electron chi connectivity index (χ1n) is 3.79. The molecule has 0 aromatic carbocycles. The van der Waals surface area contributed by atoms with Gasteiger partial charge in [0.25, 0.3) is 0 Å². The van der Waals surface area contributed by atoms with Gasteiger partial charge in [-0.3, -0.25) is 0 Å². The summed E-state index contributed by atoms with van der Waals surface area (Å²) in [6.45, 7) is 11.9. The lowest BCUT2D eigenvalue weighted by Crippen LogP contribution is -1.74. The Labute approximate surface area is 95.9 Å². The van der Waals surface area contributed by atoms with Crippen LogP contribution in [0.25, 0.3) is 5.57 Å². The van der Waals surface area contributed by atoms with Gasteiger partial charge in [-0.25, -0.2) is 0 Å². The molecule has 1 rings (SSSR count). The topological polar surface area (TPSA) is 0 Å². The average Bonchev–Trinajstić information content (AvgIpc) is 2.29. The zero-order valence-electron chi connectivity index (χ0n) is 7.69. The highest BCUT2D eigenvalue weighted by Crippen LogP contribution is 2.40. The zero-order chi connectivity index (χ0) is 10.0. The fourth-order valence-corrected chi connectivity index (χ4v) is 4.13. The molecule has 0 bridgehead atoms. The predicted octanol–water partition coefficient (Wildman–Crippen LogP) is 5.17. The molecule has 0 saturated heterocycles. The summed E-state index contributed by atoms with van der Waals surface area (Å²) in [5.41, 5.74) is 2.33. The van der Waals surface area contributed by atoms with Crippen LogP contribution in [0, 0.1) is 0 Å². The number of rotatable bonds is 3. The molecule has 0 unspecified atom stereocenters. The van der Waals surface area contributed by atoms with E-state index in [1.165, 1.54) is 9.77 Å². The fourth-order valence-electron chi connectivity index (χ4n) is 0.877. The molecule has 3 heteroatoms. The third kappa shape index (κ3) is 3.01. The van der Waals surface area contributed by atoms with Crippen LogP contribution in [0.15, 0.2) is 32.1 Å². The van der Waals surface area contributed by atoms with Crippen molar-refractivity contribution in [1.82, 2.24) is 0 Å². The average molecular weight is 275 g/mol. The van der Waals surface area contributed by atoms with E-state index in [1.54, 1.807) is 23.1 Å². The highest BCUT2D eigenvalue weighted by atomic mass is 79.9. The van der Waals surface area contributed by atoms with E-state index in [9.17, 15) is 0 Å². The molecule has 0 fully saturated rings. The summed E-state index contributed by atoms with van der Waals surface area (Å²) in [7, 11) is 0. The summed E-state index contributed by atoms with van der Waals surface area (Å²) in [4.78, 5) is 1.11. The molecule has 0 nitrogen and oxygen atoms in total. The van der Waals surface area contributed by atoms with Crippen molar-refractivity contribution in [3.05, 3.63) is 33.5 Å². The van der Waals surface area contributed by atoms with Gasteiger partial charge in [0.15, 0.2) is 0 Å². The van der Waals surface area contributed by atoms with Crippen molar-refractivity contribution in [2.45, 2.75) is 18.1 Å². The number of hydrogen-bond donors (Lipinski definition) is 0. The Bertz CT molecular complexity index is 350. The number of thiophene rings is 1. The predicted molar refractivity (Wildman–Crippen MR) is 67.4 cm³/mol. The van der Waals surface area contributed by atoms with E-state index < -0.39 is 0 Å². The maximum absolute atomic E-state index is 3.95. The van der Waals surface area contributed by atoms with Gasteiger partial charge in [0.1, 0.15) is 0 Å². The largest absolute Gasteiger partial charge is 0.121 e. The minimum atomic E-state index is 1.10. The van der Waals surface area contributed by atoms with Gasteiger partial charge < -0.3 is 0 Å². The van der Waals surface area contributed by atoms with E-state index in [2.05, 4.69) is 35.2 Å². The van der Waals surface area contributed by atoms with Crippen molar-refractivity contribution in [3.63, 3.8) is 0 Å². The van der Waals surface area contributed by atoms with Crippen LogP contribution in [-0.2, 0) is 0 Å². The van der Waals surface area contributed by atoms with Gasteiger partial charge >= 0.3 is 0 Å². The van der Waals surface area contributed by atoms with Crippen LogP contribution in [0.4, 0.5) is 0 Å². The monoisotopic (exact) mass is 274 g/mol. The van der Waals surface area contributed by atoms with Gasteiger partial charge in [0.2, 0.25) is 0 Å². The van der Waals surface area contributed by atoms with Crippen LogP contribution < -0.4 is 0 Å². The maximum atomic E-state index is 3.95. The van der Waals surface area contributed by atoms with Gasteiger partial charge in [-0.15, -0.1) is 11.3 Å². The van der Waals surface area contributed by atoms with E-state index in [1.807, 2.05) is 13.8 Å². The number of thioether (sulfide) groups is 1. The van der Waals surface area contributed by atoms with Gasteiger partial charge in [0.05, 0.1) is 8.00 Å². The van der Waals surface area contributed by atoms with Gasteiger partial charge in [0, 0.05) is 5.56 Å². The molecular weight excluding hydrogens is 264 g/mol. The van der Waals surface area contributed by atoms with Crippen molar-refractivity contribution >= 4 is 44.6 Å². The van der Waals surface area contributed by atoms with Crippen LogP contribution in [0.1, 0.15) is 19.4 Å². The number of hydrogen-bond acceptors (Lipinski definition) is 2. The second-order valence-corrected chi connectivity index (χ2v) is 6.84. The molecule has 0 aliphatic heterocycles. The van der Waals surface area contributed by atoms with E-state index in [0.29, 0.717) is 0 Å². The molecule has 0 N–H and O–H groups in total. The third-order valence-corrected chi connectivity index (χ3v) is 4.08. The molecule has 70 valence electrons. The molecule has 0 amide bonds. The van der Waals surface area contributed by atoms with E-state index in [4.69, 9.17) is 0 Å². The van der Waals surface area contributed by atoms with Crippen LogP contribution in [0.2, 0.25) is 0 Å². The summed E-state index contributed by atoms with van der Waals surface area (Å²) in [6, 6.07) is 2.11. The molecule has 0 spiro atoms. The lowest BCUT2D eigenvalue weighted by molar-refractivity contribution is 1.55. The molecule has 1 aromatic heterocycles. The molecule has 1 heterocycles. The molecule has 0 atom stereocenters. The molecule has 1 aromatic rings. The first-order valence-corrected chi connectivity index (χ1v) is 6.22. The summed E-state index contributed by atoms with van der Waals surface area (Å²) in [6.07, 6.45) is 0. The van der Waals surface area contributed by atoms with Gasteiger partial charge in [-0.1, -0.05) is 24.9 Å². The van der Waals surface area contributed by atoms with Gasteiger partial charge in [-0.05, 0) is 46.3 Å². The van der Waals surface area contributed by atoms with Crippen molar-refractivity contribution in [2.24, 2.45) is 0 Å². The van der Waals surface area contributed by atoms with E-state index in [0.717, 1.165) is 14.3 Å². The number of halogens is 1. The Morgan fingerprint density at radius 3 is 2.54 bits per heavy atom. The highest BCUT2D eigenvalue weighted by molar-refractivity contribution is 9.11. The second kappa shape index (κ2) is 4.49. The minimum Gasteiger partial charge on any atom is -0.121 e. The maximum Gasteiger partial charge on any atom is 0.0729 e. The normalized spacial score (nSPS) is 10.1. The molecule has 0 saturated carbocycles. The van der Waals surface area contributed by atoms with Crippen LogP contribution in [0.3, 0.4) is 0 Å². The first kappa shape index (κ1) is 11.1. The van der Waals surface area contributed by atoms with Crippen molar-refractivity contribution in [2.75, 3.05) is 0 Å². The van der Waals surface area contributed by atoms with Crippen LogP contribution >= 0.6 is 39.0 Å². The summed E-state index contributed by atoms with van der Waals surface area (Å²) in [5, 5.41) is 0. The smallest absolute Gasteiger partial charge is 0.0729 e. The molecular formula is C10H11BrS2.